The summed E-state index contributed by atoms with van der Waals surface area (Å²) in [6.45, 7) is 6.25. The minimum atomic E-state index is -0.413. The molecule has 0 fully saturated rings. The highest BCUT2D eigenvalue weighted by Gasteiger charge is 2.15. The van der Waals surface area contributed by atoms with Crippen LogP contribution in [0.5, 0.6) is 0 Å². The van der Waals surface area contributed by atoms with Gasteiger partial charge in [-0.3, -0.25) is 0 Å². The number of amides is 1. The van der Waals surface area contributed by atoms with Crippen LogP contribution in [0, 0.1) is 0 Å². The maximum absolute atomic E-state index is 11.2. The van der Waals surface area contributed by atoms with E-state index in [1.807, 2.05) is 20.8 Å². The lowest BCUT2D eigenvalue weighted by Crippen LogP contribution is -2.32. The smallest absolute Gasteiger partial charge is 0.407 e. The first-order valence-electron chi connectivity index (χ1n) is 5.62. The van der Waals surface area contributed by atoms with Gasteiger partial charge >= 0.3 is 6.09 Å². The molecule has 0 aliphatic carbocycles. The van der Waals surface area contributed by atoms with Crippen LogP contribution in [-0.2, 0) is 4.74 Å². The molecule has 0 saturated carbocycles. The number of rotatable bonds is 6. The van der Waals surface area contributed by atoms with Gasteiger partial charge in [0.15, 0.2) is 0 Å². The molecule has 0 spiro atoms. The molecule has 0 rings (SSSR count). The van der Waals surface area contributed by atoms with Gasteiger partial charge in [-0.25, -0.2) is 4.79 Å². The van der Waals surface area contributed by atoms with Crippen molar-refractivity contribution in [3.8, 4) is 0 Å². The van der Waals surface area contributed by atoms with E-state index in [1.54, 1.807) is 0 Å². The first-order chi connectivity index (χ1) is 6.95. The fraction of sp³-hybridized carbons (Fsp3) is 0.909. The summed E-state index contributed by atoms with van der Waals surface area (Å²) in [6.07, 6.45) is 4.70. The second kappa shape index (κ2) is 7.60. The lowest BCUT2D eigenvalue weighted by atomic mass is 9.99. The van der Waals surface area contributed by atoms with E-state index in [0.717, 1.165) is 32.0 Å². The molecule has 0 aromatic carbocycles. The van der Waals surface area contributed by atoms with Crippen LogP contribution in [0.1, 0.15) is 46.5 Å². The molecule has 0 aromatic heterocycles. The molecule has 0 aromatic rings. The summed E-state index contributed by atoms with van der Waals surface area (Å²) in [5, 5.41) is 2.72. The molecule has 0 atom stereocenters. The first kappa shape index (κ1) is 14.3. The molecule has 0 heterocycles. The monoisotopic (exact) mass is 211 g/mol. The Morgan fingerprint density at radius 3 is 2.33 bits per heavy atom. The van der Waals surface area contributed by atoms with Gasteiger partial charge in [-0.1, -0.05) is 25.6 Å². The summed E-state index contributed by atoms with van der Waals surface area (Å²) in [5.41, 5.74) is -0.413. The third-order valence-corrected chi connectivity index (χ3v) is 1.80. The summed E-state index contributed by atoms with van der Waals surface area (Å²) in [7, 11) is 5.37. The van der Waals surface area contributed by atoms with Gasteiger partial charge in [0.2, 0.25) is 0 Å². The number of alkyl carbamates (subject to hydrolysis) is 1. The Morgan fingerprint density at radius 2 is 1.80 bits per heavy atom. The van der Waals surface area contributed by atoms with Crippen LogP contribution in [0.4, 0.5) is 4.79 Å². The van der Waals surface area contributed by atoms with Gasteiger partial charge in [0.05, 0.1) is 7.85 Å². The van der Waals surface area contributed by atoms with Gasteiger partial charge in [-0.05, 0) is 27.2 Å². The summed E-state index contributed by atoms with van der Waals surface area (Å²) in [5.74, 6) is 0. The number of nitrogens with one attached hydrogen (secondary N) is 1. The zero-order valence-corrected chi connectivity index (χ0v) is 10.1. The Bertz CT molecular complexity index is 178. The van der Waals surface area contributed by atoms with E-state index in [2.05, 4.69) is 5.32 Å². The average Bonchev–Trinajstić information content (AvgIpc) is 2.08. The number of carbonyl (C=O) groups is 1. The number of hydrogen-bond acceptors (Lipinski definition) is 2. The predicted molar refractivity (Wildman–Crippen MR) is 63.3 cm³/mol. The van der Waals surface area contributed by atoms with Crippen molar-refractivity contribution in [3.05, 3.63) is 0 Å². The summed E-state index contributed by atoms with van der Waals surface area (Å²) < 4.78 is 5.10. The van der Waals surface area contributed by atoms with E-state index in [1.165, 1.54) is 0 Å². The fourth-order valence-electron chi connectivity index (χ4n) is 1.13. The normalized spacial score (nSPS) is 11.1. The number of hydrogen-bond donors (Lipinski definition) is 1. The SMILES string of the molecule is [B]CCCCCCNC(=O)OC(C)(C)C. The van der Waals surface area contributed by atoms with Crippen LogP contribution in [0.25, 0.3) is 0 Å². The van der Waals surface area contributed by atoms with Crippen LogP contribution >= 0.6 is 0 Å². The van der Waals surface area contributed by atoms with E-state index >= 15 is 0 Å². The van der Waals surface area contributed by atoms with E-state index in [-0.39, 0.29) is 6.09 Å². The first-order valence-corrected chi connectivity index (χ1v) is 5.62. The van der Waals surface area contributed by atoms with Crippen molar-refractivity contribution >= 4 is 13.9 Å². The third-order valence-electron chi connectivity index (χ3n) is 1.80. The largest absolute Gasteiger partial charge is 0.444 e. The zero-order valence-electron chi connectivity index (χ0n) is 10.1. The van der Waals surface area contributed by atoms with E-state index in [4.69, 9.17) is 12.6 Å². The number of unbranched alkanes of at least 4 members (excludes halogenated alkanes) is 3. The molecule has 1 amide bonds. The van der Waals surface area contributed by atoms with Crippen LogP contribution in [-0.4, -0.2) is 26.1 Å². The van der Waals surface area contributed by atoms with Crippen molar-refractivity contribution in [1.82, 2.24) is 5.32 Å². The van der Waals surface area contributed by atoms with Crippen molar-refractivity contribution in [1.29, 1.82) is 0 Å². The van der Waals surface area contributed by atoms with Gasteiger partial charge in [-0.15, -0.1) is 0 Å². The highest BCUT2D eigenvalue weighted by molar-refractivity contribution is 6.08. The molecule has 2 radical (unpaired) electrons. The summed E-state index contributed by atoms with van der Waals surface area (Å²) in [4.78, 5) is 11.2. The van der Waals surface area contributed by atoms with Crippen molar-refractivity contribution in [3.63, 3.8) is 0 Å². The molecular weight excluding hydrogens is 189 g/mol. The van der Waals surface area contributed by atoms with E-state index < -0.39 is 5.60 Å². The molecule has 1 N–H and O–H groups in total. The molecule has 0 bridgehead atoms. The minimum absolute atomic E-state index is 0.332. The Morgan fingerprint density at radius 1 is 1.20 bits per heavy atom. The molecule has 0 aliphatic rings. The van der Waals surface area contributed by atoms with E-state index in [9.17, 15) is 4.79 Å². The van der Waals surface area contributed by atoms with Crippen LogP contribution in [0.2, 0.25) is 6.32 Å². The molecule has 3 nitrogen and oxygen atoms in total. The summed E-state index contributed by atoms with van der Waals surface area (Å²) in [6, 6.07) is 0. The van der Waals surface area contributed by atoms with Gasteiger partial charge in [0.1, 0.15) is 5.60 Å². The Hall–Kier alpha value is -0.665. The lowest BCUT2D eigenvalue weighted by Gasteiger charge is -2.19. The van der Waals surface area contributed by atoms with Gasteiger partial charge in [0.25, 0.3) is 0 Å². The Labute approximate surface area is 94.4 Å². The third kappa shape index (κ3) is 11.3. The molecule has 4 heteroatoms. The fourth-order valence-corrected chi connectivity index (χ4v) is 1.13. The van der Waals surface area contributed by atoms with Crippen molar-refractivity contribution in [2.75, 3.05) is 6.54 Å². The second-order valence-corrected chi connectivity index (χ2v) is 4.63. The number of ether oxygens (including phenoxy) is 1. The van der Waals surface area contributed by atoms with Crippen molar-refractivity contribution in [2.45, 2.75) is 58.4 Å². The minimum Gasteiger partial charge on any atom is -0.444 e. The molecule has 86 valence electrons. The maximum atomic E-state index is 11.2. The van der Waals surface area contributed by atoms with Crippen LogP contribution in [0.3, 0.4) is 0 Å². The highest BCUT2D eigenvalue weighted by atomic mass is 16.6. The zero-order chi connectivity index (χ0) is 11.7. The highest BCUT2D eigenvalue weighted by Crippen LogP contribution is 2.06. The topological polar surface area (TPSA) is 38.3 Å². The standard InChI is InChI=1S/C11H22BNO2/c1-11(2,3)15-10(14)13-9-7-5-4-6-8-12/h4-9H2,1-3H3,(H,13,14). The maximum Gasteiger partial charge on any atom is 0.407 e. The van der Waals surface area contributed by atoms with Gasteiger partial charge in [0, 0.05) is 6.54 Å². The Kier molecular flexibility index (Phi) is 7.27. The molecule has 0 saturated heterocycles. The predicted octanol–water partition coefficient (Wildman–Crippen LogP) is 2.66. The van der Waals surface area contributed by atoms with E-state index in [0.29, 0.717) is 6.54 Å². The molecule has 15 heavy (non-hydrogen) atoms. The lowest BCUT2D eigenvalue weighted by molar-refractivity contribution is 0.0527. The quantitative estimate of drug-likeness (QED) is 0.541. The van der Waals surface area contributed by atoms with Crippen molar-refractivity contribution < 1.29 is 9.53 Å². The van der Waals surface area contributed by atoms with Crippen molar-refractivity contribution in [2.24, 2.45) is 0 Å². The Balaban J connectivity index is 3.32. The molecule has 0 aliphatic heterocycles. The van der Waals surface area contributed by atoms with Gasteiger partial charge < -0.3 is 10.1 Å². The second-order valence-electron chi connectivity index (χ2n) is 4.63. The van der Waals surface area contributed by atoms with Crippen LogP contribution in [0.15, 0.2) is 0 Å². The molecule has 0 unspecified atom stereocenters. The number of carbonyl (C=O) groups excluding carboxylic acids is 1. The van der Waals surface area contributed by atoms with Crippen LogP contribution < -0.4 is 5.32 Å². The van der Waals surface area contributed by atoms with Gasteiger partial charge in [-0.2, -0.15) is 0 Å². The molecular formula is C11H22BNO2. The summed E-state index contributed by atoms with van der Waals surface area (Å²) >= 11 is 0. The average molecular weight is 211 g/mol.